The molecule has 0 bridgehead atoms. The van der Waals surface area contributed by atoms with E-state index in [2.05, 4.69) is 79.6 Å². The Balaban J connectivity index is 1.14. The highest BCUT2D eigenvalue weighted by molar-refractivity contribution is 5.88. The first-order chi connectivity index (χ1) is 19.0. The van der Waals surface area contributed by atoms with Crippen LogP contribution in [0.4, 0.5) is 17.6 Å². The predicted molar refractivity (Wildman–Crippen MR) is 154 cm³/mol. The fourth-order valence-electron chi connectivity index (χ4n) is 5.82. The summed E-state index contributed by atoms with van der Waals surface area (Å²) in [6.07, 6.45) is 9.47. The summed E-state index contributed by atoms with van der Waals surface area (Å²) in [5.74, 6) is 2.20. The lowest BCUT2D eigenvalue weighted by Crippen LogP contribution is -2.44. The maximum atomic E-state index is 9.75. The standard InChI is InChI=1S/C30H37N7O2/c1-19-16-37(17-20(2)39-19)18-21-11-24(15-31-14-21)22-3-8-27-23(12-22)13-29(34-27)35-28-9-10-32-30(36-28)33-25-4-6-26(38)7-5-25/h3,8-15,19-20,25-26,34,38H,4-7,16-18H2,1-2H3,(H2,32,33,35,36). The Kier molecular flexibility index (Phi) is 7.45. The molecule has 204 valence electrons. The fourth-order valence-corrected chi connectivity index (χ4v) is 5.82. The first-order valence-corrected chi connectivity index (χ1v) is 14.0. The van der Waals surface area contributed by atoms with E-state index < -0.39 is 0 Å². The molecule has 3 aromatic heterocycles. The number of ether oxygens (including phenoxy) is 1. The third-order valence-electron chi connectivity index (χ3n) is 7.60. The number of pyridine rings is 1. The maximum absolute atomic E-state index is 9.75. The number of aliphatic hydroxyl groups excluding tert-OH is 1. The molecule has 1 saturated carbocycles. The molecule has 9 nitrogen and oxygen atoms in total. The average Bonchev–Trinajstić information content (AvgIpc) is 3.31. The number of fused-ring (bicyclic) bond motifs is 1. The van der Waals surface area contributed by atoms with Crippen LogP contribution in [0.2, 0.25) is 0 Å². The summed E-state index contributed by atoms with van der Waals surface area (Å²) in [5, 5.41) is 17.7. The molecule has 4 aromatic rings. The average molecular weight is 528 g/mol. The first-order valence-electron chi connectivity index (χ1n) is 14.0. The first kappa shape index (κ1) is 25.7. The molecule has 1 aromatic carbocycles. The summed E-state index contributed by atoms with van der Waals surface area (Å²) in [6, 6.07) is 12.9. The number of H-pyrrole nitrogens is 1. The van der Waals surface area contributed by atoms with Gasteiger partial charge in [0.15, 0.2) is 0 Å². The van der Waals surface area contributed by atoms with Crippen molar-refractivity contribution in [2.75, 3.05) is 23.7 Å². The van der Waals surface area contributed by atoms with Crippen LogP contribution in [0.25, 0.3) is 22.0 Å². The van der Waals surface area contributed by atoms with Crippen LogP contribution in [0.5, 0.6) is 0 Å². The summed E-state index contributed by atoms with van der Waals surface area (Å²) in [6.45, 7) is 7.02. The van der Waals surface area contributed by atoms with Gasteiger partial charge in [-0.2, -0.15) is 4.98 Å². The van der Waals surface area contributed by atoms with Gasteiger partial charge in [-0.1, -0.05) is 6.07 Å². The summed E-state index contributed by atoms with van der Waals surface area (Å²) < 4.78 is 5.88. The van der Waals surface area contributed by atoms with E-state index in [1.807, 2.05) is 18.5 Å². The number of nitrogens with zero attached hydrogens (tertiary/aromatic N) is 4. The Bertz CT molecular complexity index is 1410. The molecule has 4 N–H and O–H groups in total. The Morgan fingerprint density at radius 1 is 1.00 bits per heavy atom. The van der Waals surface area contributed by atoms with Crippen molar-refractivity contribution in [1.82, 2.24) is 24.8 Å². The number of nitrogens with one attached hydrogen (secondary N) is 3. The van der Waals surface area contributed by atoms with Crippen molar-refractivity contribution in [3.8, 4) is 11.1 Å². The van der Waals surface area contributed by atoms with Gasteiger partial charge in [-0.25, -0.2) is 4.98 Å². The number of aromatic nitrogens is 4. The highest BCUT2D eigenvalue weighted by Gasteiger charge is 2.22. The van der Waals surface area contributed by atoms with Crippen LogP contribution in [-0.2, 0) is 11.3 Å². The quantitative estimate of drug-likeness (QED) is 0.263. The summed E-state index contributed by atoms with van der Waals surface area (Å²) in [7, 11) is 0. The van der Waals surface area contributed by atoms with E-state index in [1.54, 1.807) is 6.20 Å². The van der Waals surface area contributed by atoms with Gasteiger partial charge in [-0.15, -0.1) is 0 Å². The lowest BCUT2D eigenvalue weighted by Gasteiger charge is -2.35. The molecule has 0 spiro atoms. The van der Waals surface area contributed by atoms with Gasteiger partial charge in [0.25, 0.3) is 0 Å². The summed E-state index contributed by atoms with van der Waals surface area (Å²) in [5.41, 5.74) is 4.51. The van der Waals surface area contributed by atoms with E-state index in [-0.39, 0.29) is 18.3 Å². The Morgan fingerprint density at radius 3 is 2.64 bits per heavy atom. The molecule has 39 heavy (non-hydrogen) atoms. The monoisotopic (exact) mass is 527 g/mol. The van der Waals surface area contributed by atoms with Crippen molar-refractivity contribution in [3.63, 3.8) is 0 Å². The molecule has 1 saturated heterocycles. The molecule has 4 heterocycles. The zero-order valence-corrected chi connectivity index (χ0v) is 22.6. The van der Waals surface area contributed by atoms with Crippen molar-refractivity contribution in [2.45, 2.75) is 70.4 Å². The number of hydrogen-bond acceptors (Lipinski definition) is 8. The lowest BCUT2D eigenvalue weighted by molar-refractivity contribution is -0.0705. The second-order valence-electron chi connectivity index (χ2n) is 11.1. The van der Waals surface area contributed by atoms with E-state index in [0.717, 1.165) is 79.0 Å². The van der Waals surface area contributed by atoms with E-state index in [9.17, 15) is 5.11 Å². The van der Waals surface area contributed by atoms with Crippen LogP contribution in [0, 0.1) is 0 Å². The molecule has 9 heteroatoms. The van der Waals surface area contributed by atoms with Crippen molar-refractivity contribution in [3.05, 3.63) is 60.6 Å². The molecule has 1 aliphatic carbocycles. The van der Waals surface area contributed by atoms with Gasteiger partial charge in [0, 0.05) is 60.7 Å². The minimum Gasteiger partial charge on any atom is -0.393 e. The number of rotatable bonds is 7. The molecule has 0 amide bonds. The van der Waals surface area contributed by atoms with E-state index in [4.69, 9.17) is 4.74 Å². The fraction of sp³-hybridized carbons (Fsp3) is 0.433. The zero-order valence-electron chi connectivity index (χ0n) is 22.6. The van der Waals surface area contributed by atoms with Crippen molar-refractivity contribution in [2.24, 2.45) is 0 Å². The second-order valence-corrected chi connectivity index (χ2v) is 11.1. The number of anilines is 3. The van der Waals surface area contributed by atoms with Crippen LogP contribution in [0.3, 0.4) is 0 Å². The van der Waals surface area contributed by atoms with E-state index >= 15 is 0 Å². The highest BCUT2D eigenvalue weighted by atomic mass is 16.5. The number of morpholine rings is 1. The van der Waals surface area contributed by atoms with Gasteiger partial charge in [-0.05, 0) is 81.0 Å². The molecular weight excluding hydrogens is 490 g/mol. The molecule has 0 radical (unpaired) electrons. The van der Waals surface area contributed by atoms with Gasteiger partial charge in [0.05, 0.1) is 18.3 Å². The van der Waals surface area contributed by atoms with Gasteiger partial charge in [-0.3, -0.25) is 9.88 Å². The Labute approximate surface area is 229 Å². The van der Waals surface area contributed by atoms with Gasteiger partial charge in [0.1, 0.15) is 11.6 Å². The molecule has 2 unspecified atom stereocenters. The molecule has 2 aliphatic rings. The molecular formula is C30H37N7O2. The third kappa shape index (κ3) is 6.38. The third-order valence-corrected chi connectivity index (χ3v) is 7.60. The second kappa shape index (κ2) is 11.3. The largest absolute Gasteiger partial charge is 0.393 e. The van der Waals surface area contributed by atoms with Crippen LogP contribution < -0.4 is 10.6 Å². The van der Waals surface area contributed by atoms with Crippen LogP contribution in [0.15, 0.2) is 55.0 Å². The SMILES string of the molecule is CC1CN(Cc2cncc(-c3ccc4[nH]c(Nc5ccnc(NC6CCC(O)CC6)n5)cc4c3)c2)CC(C)O1. The topological polar surface area (TPSA) is 111 Å². The van der Waals surface area contributed by atoms with Crippen LogP contribution in [0.1, 0.15) is 45.1 Å². The normalized spacial score (nSPS) is 24.1. The van der Waals surface area contributed by atoms with Crippen LogP contribution >= 0.6 is 0 Å². The number of aromatic amines is 1. The Morgan fingerprint density at radius 2 is 1.82 bits per heavy atom. The molecule has 6 rings (SSSR count). The van der Waals surface area contributed by atoms with E-state index in [0.29, 0.717) is 12.0 Å². The van der Waals surface area contributed by atoms with Gasteiger partial charge < -0.3 is 25.5 Å². The van der Waals surface area contributed by atoms with Gasteiger partial charge >= 0.3 is 0 Å². The minimum atomic E-state index is -0.178. The number of aliphatic hydroxyl groups is 1. The molecule has 2 fully saturated rings. The van der Waals surface area contributed by atoms with E-state index in [1.165, 1.54) is 5.56 Å². The number of hydrogen-bond donors (Lipinski definition) is 4. The highest BCUT2D eigenvalue weighted by Crippen LogP contribution is 2.28. The molecule has 1 aliphatic heterocycles. The summed E-state index contributed by atoms with van der Waals surface area (Å²) >= 11 is 0. The Hall–Kier alpha value is -3.53. The van der Waals surface area contributed by atoms with Gasteiger partial charge in [0.2, 0.25) is 5.95 Å². The zero-order chi connectivity index (χ0) is 26.8. The van der Waals surface area contributed by atoms with Crippen molar-refractivity contribution in [1.29, 1.82) is 0 Å². The number of benzene rings is 1. The van der Waals surface area contributed by atoms with Crippen molar-refractivity contribution < 1.29 is 9.84 Å². The smallest absolute Gasteiger partial charge is 0.224 e. The predicted octanol–water partition coefficient (Wildman–Crippen LogP) is 5.09. The van der Waals surface area contributed by atoms with Crippen LogP contribution in [-0.4, -0.2) is 67.4 Å². The van der Waals surface area contributed by atoms with Crippen molar-refractivity contribution >= 4 is 28.5 Å². The maximum Gasteiger partial charge on any atom is 0.224 e. The molecule has 2 atom stereocenters. The lowest BCUT2D eigenvalue weighted by atomic mass is 9.93. The minimum absolute atomic E-state index is 0.178. The summed E-state index contributed by atoms with van der Waals surface area (Å²) in [4.78, 5) is 19.5.